The molecule has 3 rings (SSSR count). The van der Waals surface area contributed by atoms with Gasteiger partial charge in [-0.3, -0.25) is 4.79 Å². The van der Waals surface area contributed by atoms with E-state index in [2.05, 4.69) is 0 Å². The molecule has 0 radical (unpaired) electrons. The van der Waals surface area contributed by atoms with Gasteiger partial charge in [0.2, 0.25) is 0 Å². The SMILES string of the molecule is O=C1CCc2ccc(OCc3ccc(Cl)c(Cl)c3)cc21. The molecule has 102 valence electrons. The van der Waals surface area contributed by atoms with Gasteiger partial charge in [-0.25, -0.2) is 0 Å². The van der Waals surface area contributed by atoms with Gasteiger partial charge < -0.3 is 4.74 Å². The molecule has 2 aromatic rings. The van der Waals surface area contributed by atoms with Gasteiger partial charge in [-0.15, -0.1) is 0 Å². The number of carbonyl (C=O) groups is 1. The summed E-state index contributed by atoms with van der Waals surface area (Å²) in [6, 6.07) is 11.1. The van der Waals surface area contributed by atoms with E-state index in [-0.39, 0.29) is 5.78 Å². The van der Waals surface area contributed by atoms with E-state index in [9.17, 15) is 4.79 Å². The van der Waals surface area contributed by atoms with Crippen LogP contribution in [0.1, 0.15) is 27.9 Å². The predicted octanol–water partition coefficient (Wildman–Crippen LogP) is 4.70. The van der Waals surface area contributed by atoms with Crippen LogP contribution < -0.4 is 4.74 Å². The molecule has 4 heteroatoms. The first-order valence-electron chi connectivity index (χ1n) is 6.36. The van der Waals surface area contributed by atoms with E-state index in [1.165, 1.54) is 0 Å². The molecule has 2 aromatic carbocycles. The Morgan fingerprint density at radius 2 is 1.85 bits per heavy atom. The van der Waals surface area contributed by atoms with Crippen molar-refractivity contribution in [1.82, 2.24) is 0 Å². The molecule has 20 heavy (non-hydrogen) atoms. The summed E-state index contributed by atoms with van der Waals surface area (Å²) in [4.78, 5) is 11.7. The van der Waals surface area contributed by atoms with Gasteiger partial charge in [0, 0.05) is 12.0 Å². The number of carbonyl (C=O) groups excluding carboxylic acids is 1. The second kappa shape index (κ2) is 5.47. The lowest BCUT2D eigenvalue weighted by atomic mass is 10.1. The van der Waals surface area contributed by atoms with Crippen molar-refractivity contribution in [2.45, 2.75) is 19.4 Å². The Morgan fingerprint density at radius 3 is 2.65 bits per heavy atom. The molecular formula is C16H12Cl2O2. The molecule has 0 N–H and O–H groups in total. The molecule has 0 aromatic heterocycles. The monoisotopic (exact) mass is 306 g/mol. The third-order valence-corrected chi connectivity index (χ3v) is 4.13. The van der Waals surface area contributed by atoms with E-state index in [1.807, 2.05) is 24.3 Å². The maximum atomic E-state index is 11.7. The number of Topliss-reactive ketones (excluding diaryl/α,β-unsaturated/α-hetero) is 1. The zero-order valence-corrected chi connectivity index (χ0v) is 12.2. The number of rotatable bonds is 3. The van der Waals surface area contributed by atoms with Crippen molar-refractivity contribution in [3.05, 3.63) is 63.1 Å². The first-order chi connectivity index (χ1) is 9.63. The molecule has 2 nitrogen and oxygen atoms in total. The van der Waals surface area contributed by atoms with E-state index < -0.39 is 0 Å². The second-order valence-electron chi connectivity index (χ2n) is 4.78. The van der Waals surface area contributed by atoms with E-state index >= 15 is 0 Å². The van der Waals surface area contributed by atoms with Crippen LogP contribution in [-0.4, -0.2) is 5.78 Å². The van der Waals surface area contributed by atoms with Crippen LogP contribution in [0.15, 0.2) is 36.4 Å². The number of benzene rings is 2. The average Bonchev–Trinajstić information content (AvgIpc) is 2.81. The lowest BCUT2D eigenvalue weighted by Crippen LogP contribution is -1.97. The minimum atomic E-state index is 0.194. The topological polar surface area (TPSA) is 26.3 Å². The molecule has 0 amide bonds. The third kappa shape index (κ3) is 2.67. The van der Waals surface area contributed by atoms with Gasteiger partial charge in [0.15, 0.2) is 5.78 Å². The summed E-state index contributed by atoms with van der Waals surface area (Å²) in [5.74, 6) is 0.894. The number of aryl methyl sites for hydroxylation is 1. The van der Waals surface area contributed by atoms with Gasteiger partial charge in [-0.2, -0.15) is 0 Å². The molecule has 0 heterocycles. The quantitative estimate of drug-likeness (QED) is 0.821. The predicted molar refractivity (Wildman–Crippen MR) is 79.9 cm³/mol. The first kappa shape index (κ1) is 13.5. The number of halogens is 2. The van der Waals surface area contributed by atoms with Gasteiger partial charge >= 0.3 is 0 Å². The summed E-state index contributed by atoms with van der Waals surface area (Å²) in [6.45, 7) is 0.393. The number of ketones is 1. The van der Waals surface area contributed by atoms with Crippen LogP contribution in [0.3, 0.4) is 0 Å². The normalized spacial score (nSPS) is 13.4. The highest BCUT2D eigenvalue weighted by atomic mass is 35.5. The second-order valence-corrected chi connectivity index (χ2v) is 5.59. The Balaban J connectivity index is 1.74. The fourth-order valence-electron chi connectivity index (χ4n) is 2.30. The van der Waals surface area contributed by atoms with E-state index in [1.54, 1.807) is 12.1 Å². The number of hydrogen-bond donors (Lipinski definition) is 0. The average molecular weight is 307 g/mol. The van der Waals surface area contributed by atoms with Crippen LogP contribution in [0.25, 0.3) is 0 Å². The van der Waals surface area contributed by atoms with Crippen LogP contribution in [-0.2, 0) is 13.0 Å². The van der Waals surface area contributed by atoms with Crippen molar-refractivity contribution in [2.24, 2.45) is 0 Å². The highest BCUT2D eigenvalue weighted by Gasteiger charge is 2.19. The van der Waals surface area contributed by atoms with Crippen molar-refractivity contribution in [3.63, 3.8) is 0 Å². The smallest absolute Gasteiger partial charge is 0.163 e. The highest BCUT2D eigenvalue weighted by molar-refractivity contribution is 6.42. The zero-order chi connectivity index (χ0) is 14.1. The fraction of sp³-hybridized carbons (Fsp3) is 0.188. The molecule has 0 spiro atoms. The molecule has 0 unspecified atom stereocenters. The zero-order valence-electron chi connectivity index (χ0n) is 10.7. The number of ether oxygens (including phenoxy) is 1. The fourth-order valence-corrected chi connectivity index (χ4v) is 2.62. The van der Waals surface area contributed by atoms with E-state index in [0.29, 0.717) is 28.8 Å². The van der Waals surface area contributed by atoms with Crippen molar-refractivity contribution in [1.29, 1.82) is 0 Å². The summed E-state index contributed by atoms with van der Waals surface area (Å²) >= 11 is 11.8. The Morgan fingerprint density at radius 1 is 1.00 bits per heavy atom. The molecule has 0 atom stereocenters. The Kier molecular flexibility index (Phi) is 3.68. The van der Waals surface area contributed by atoms with Crippen LogP contribution in [0.2, 0.25) is 10.0 Å². The van der Waals surface area contributed by atoms with Gasteiger partial charge in [-0.05, 0) is 41.8 Å². The largest absolute Gasteiger partial charge is 0.489 e. The summed E-state index contributed by atoms with van der Waals surface area (Å²) in [5, 5.41) is 1.04. The van der Waals surface area contributed by atoms with Gasteiger partial charge in [0.1, 0.15) is 12.4 Å². The Hall–Kier alpha value is -1.51. The van der Waals surface area contributed by atoms with Gasteiger partial charge in [0.25, 0.3) is 0 Å². The van der Waals surface area contributed by atoms with Crippen molar-refractivity contribution in [2.75, 3.05) is 0 Å². The van der Waals surface area contributed by atoms with Gasteiger partial charge in [-0.1, -0.05) is 35.3 Å². The Bertz CT molecular complexity index is 680. The van der Waals surface area contributed by atoms with E-state index in [0.717, 1.165) is 23.1 Å². The van der Waals surface area contributed by atoms with Crippen LogP contribution in [0.5, 0.6) is 5.75 Å². The van der Waals surface area contributed by atoms with Crippen LogP contribution in [0, 0.1) is 0 Å². The highest BCUT2D eigenvalue weighted by Crippen LogP contribution is 2.27. The standard InChI is InChI=1S/C16H12Cl2O2/c17-14-5-1-10(7-15(14)18)9-20-12-4-2-11-3-6-16(19)13(11)8-12/h1-2,4-5,7-8H,3,6,9H2. The van der Waals surface area contributed by atoms with Crippen LogP contribution in [0.4, 0.5) is 0 Å². The molecule has 1 aliphatic carbocycles. The van der Waals surface area contributed by atoms with Gasteiger partial charge in [0.05, 0.1) is 10.0 Å². The van der Waals surface area contributed by atoms with Crippen molar-refractivity contribution >= 4 is 29.0 Å². The first-order valence-corrected chi connectivity index (χ1v) is 7.12. The summed E-state index contributed by atoms with van der Waals surface area (Å²) in [7, 11) is 0. The molecular weight excluding hydrogens is 295 g/mol. The molecule has 0 fully saturated rings. The minimum Gasteiger partial charge on any atom is -0.489 e. The maximum Gasteiger partial charge on any atom is 0.163 e. The van der Waals surface area contributed by atoms with E-state index in [4.69, 9.17) is 27.9 Å². The molecule has 0 bridgehead atoms. The molecule has 0 saturated heterocycles. The third-order valence-electron chi connectivity index (χ3n) is 3.39. The van der Waals surface area contributed by atoms with Crippen molar-refractivity contribution < 1.29 is 9.53 Å². The molecule has 0 aliphatic heterocycles. The lowest BCUT2D eigenvalue weighted by Gasteiger charge is -2.08. The summed E-state index contributed by atoms with van der Waals surface area (Å²) in [6.07, 6.45) is 1.44. The van der Waals surface area contributed by atoms with Crippen LogP contribution >= 0.6 is 23.2 Å². The summed E-state index contributed by atoms with van der Waals surface area (Å²) < 4.78 is 5.71. The molecule has 0 saturated carbocycles. The number of fused-ring (bicyclic) bond motifs is 1. The Labute approximate surface area is 127 Å². The minimum absolute atomic E-state index is 0.194. The molecule has 1 aliphatic rings. The summed E-state index contributed by atoms with van der Waals surface area (Å²) in [5.41, 5.74) is 2.83. The number of hydrogen-bond acceptors (Lipinski definition) is 2. The van der Waals surface area contributed by atoms with Crippen molar-refractivity contribution in [3.8, 4) is 5.75 Å². The maximum absolute atomic E-state index is 11.7. The lowest BCUT2D eigenvalue weighted by molar-refractivity contribution is 0.0994.